The molecule has 5 rings (SSSR count). The van der Waals surface area contributed by atoms with Crippen molar-refractivity contribution < 1.29 is 0 Å². The van der Waals surface area contributed by atoms with E-state index in [9.17, 15) is 0 Å². The molecule has 27 heavy (non-hydrogen) atoms. The molecular weight excluding hydrogens is 336 g/mol. The maximum absolute atomic E-state index is 8.98. The van der Waals surface area contributed by atoms with Gasteiger partial charge in [0.15, 0.2) is 0 Å². The molecule has 2 aromatic heterocycles. The summed E-state index contributed by atoms with van der Waals surface area (Å²) in [6, 6.07) is 13.9. The van der Waals surface area contributed by atoms with E-state index in [1.54, 1.807) is 12.3 Å². The van der Waals surface area contributed by atoms with Crippen LogP contribution >= 0.6 is 0 Å². The number of nitrogens with two attached hydrogens (primary N) is 1. The van der Waals surface area contributed by atoms with Gasteiger partial charge in [-0.25, -0.2) is 4.98 Å². The maximum Gasteiger partial charge on any atom is 0.211 e. The molecule has 2 aliphatic rings. The molecule has 0 spiro atoms. The van der Waals surface area contributed by atoms with Crippen LogP contribution < -0.4 is 10.6 Å². The standard InChI is InChI=1S/C21H16N6/c22-9-14-5-7-16(24-10-14)12-27-20-4-2-1-3-19(20)25-21(27)26-11-15-6-8-18(23)17(15)13-26/h1-8,10,13H,11-12,23H2. The average molecular weight is 352 g/mol. The van der Waals surface area contributed by atoms with Crippen LogP contribution in [0, 0.1) is 11.3 Å². The van der Waals surface area contributed by atoms with Gasteiger partial charge < -0.3 is 15.2 Å². The summed E-state index contributed by atoms with van der Waals surface area (Å²) < 4.78 is 2.16. The van der Waals surface area contributed by atoms with Crippen molar-refractivity contribution in [3.05, 3.63) is 89.0 Å². The molecule has 1 aliphatic carbocycles. The number of hydrogen-bond acceptors (Lipinski definition) is 5. The van der Waals surface area contributed by atoms with Gasteiger partial charge in [0.05, 0.1) is 35.4 Å². The lowest BCUT2D eigenvalue weighted by atomic mass is 10.2. The van der Waals surface area contributed by atoms with Crippen molar-refractivity contribution in [3.8, 4) is 6.07 Å². The van der Waals surface area contributed by atoms with E-state index in [-0.39, 0.29) is 0 Å². The van der Waals surface area contributed by atoms with Crippen LogP contribution in [0.25, 0.3) is 11.0 Å². The lowest BCUT2D eigenvalue weighted by Crippen LogP contribution is -2.19. The normalized spacial score (nSPS) is 15.4. The van der Waals surface area contributed by atoms with Crippen molar-refractivity contribution in [2.75, 3.05) is 11.4 Å². The number of allylic oxidation sites excluding steroid dienone is 3. The van der Waals surface area contributed by atoms with E-state index in [1.807, 2.05) is 30.3 Å². The van der Waals surface area contributed by atoms with E-state index in [0.717, 1.165) is 40.5 Å². The topological polar surface area (TPSA) is 83.8 Å². The van der Waals surface area contributed by atoms with Crippen LogP contribution in [0.4, 0.5) is 5.95 Å². The fourth-order valence-electron chi connectivity index (χ4n) is 3.55. The summed E-state index contributed by atoms with van der Waals surface area (Å²) in [5.41, 5.74) is 12.6. The number of benzene rings is 1. The molecule has 0 fully saturated rings. The number of nitrogens with zero attached hydrogens (tertiary/aromatic N) is 5. The fourth-order valence-corrected chi connectivity index (χ4v) is 3.55. The quantitative estimate of drug-likeness (QED) is 0.784. The number of hydrogen-bond donors (Lipinski definition) is 1. The zero-order chi connectivity index (χ0) is 18.4. The van der Waals surface area contributed by atoms with Crippen LogP contribution in [0.5, 0.6) is 0 Å². The molecule has 0 saturated heterocycles. The van der Waals surface area contributed by atoms with E-state index in [4.69, 9.17) is 16.0 Å². The second-order valence-corrected chi connectivity index (χ2v) is 6.62. The third-order valence-corrected chi connectivity index (χ3v) is 4.91. The maximum atomic E-state index is 8.98. The number of imidazole rings is 1. The molecule has 3 heterocycles. The molecule has 2 N–H and O–H groups in total. The van der Waals surface area contributed by atoms with Gasteiger partial charge in [-0.05, 0) is 35.9 Å². The Hall–Kier alpha value is -3.85. The Morgan fingerprint density at radius 1 is 1.15 bits per heavy atom. The lowest BCUT2D eigenvalue weighted by Gasteiger charge is -2.17. The molecule has 0 unspecified atom stereocenters. The number of nitriles is 1. The monoisotopic (exact) mass is 352 g/mol. The van der Waals surface area contributed by atoms with Gasteiger partial charge in [-0.2, -0.15) is 5.26 Å². The molecule has 1 aromatic carbocycles. The van der Waals surface area contributed by atoms with Crippen molar-refractivity contribution in [2.45, 2.75) is 6.54 Å². The van der Waals surface area contributed by atoms with E-state index in [1.165, 1.54) is 5.57 Å². The Balaban J connectivity index is 1.59. The highest BCUT2D eigenvalue weighted by Gasteiger charge is 2.26. The minimum atomic E-state index is 0.556. The largest absolute Gasteiger partial charge is 0.398 e. The molecular formula is C21H16N6. The van der Waals surface area contributed by atoms with E-state index < -0.39 is 0 Å². The first kappa shape index (κ1) is 15.4. The number of para-hydroxylation sites is 2. The van der Waals surface area contributed by atoms with Crippen LogP contribution in [0.3, 0.4) is 0 Å². The summed E-state index contributed by atoms with van der Waals surface area (Å²) in [6.45, 7) is 1.32. The smallest absolute Gasteiger partial charge is 0.211 e. The highest BCUT2D eigenvalue weighted by atomic mass is 15.3. The van der Waals surface area contributed by atoms with Gasteiger partial charge in [-0.15, -0.1) is 0 Å². The van der Waals surface area contributed by atoms with Gasteiger partial charge in [-0.3, -0.25) is 4.98 Å². The predicted octanol–water partition coefficient (Wildman–Crippen LogP) is 2.84. The average Bonchev–Trinajstić information content (AvgIpc) is 3.37. The van der Waals surface area contributed by atoms with Crippen LogP contribution in [0.2, 0.25) is 0 Å². The zero-order valence-electron chi connectivity index (χ0n) is 14.5. The number of aromatic nitrogens is 3. The minimum Gasteiger partial charge on any atom is -0.398 e. The van der Waals surface area contributed by atoms with E-state index in [0.29, 0.717) is 12.1 Å². The van der Waals surface area contributed by atoms with Crippen LogP contribution in [0.1, 0.15) is 11.3 Å². The van der Waals surface area contributed by atoms with Crippen molar-refractivity contribution in [3.63, 3.8) is 0 Å². The molecule has 0 amide bonds. The van der Waals surface area contributed by atoms with Gasteiger partial charge in [0.1, 0.15) is 6.07 Å². The summed E-state index contributed by atoms with van der Waals surface area (Å²) in [4.78, 5) is 11.4. The number of rotatable bonds is 3. The fraction of sp³-hybridized carbons (Fsp3) is 0.0952. The second kappa shape index (κ2) is 5.85. The third kappa shape index (κ3) is 2.49. The molecule has 3 aromatic rings. The Bertz CT molecular complexity index is 1190. The number of anilines is 1. The van der Waals surface area contributed by atoms with Gasteiger partial charge >= 0.3 is 0 Å². The predicted molar refractivity (Wildman–Crippen MR) is 104 cm³/mol. The molecule has 0 atom stereocenters. The Morgan fingerprint density at radius 3 is 2.81 bits per heavy atom. The first-order valence-corrected chi connectivity index (χ1v) is 8.69. The summed E-state index contributed by atoms with van der Waals surface area (Å²) in [7, 11) is 0. The van der Waals surface area contributed by atoms with Gasteiger partial charge in [0.25, 0.3) is 0 Å². The molecule has 130 valence electrons. The lowest BCUT2D eigenvalue weighted by molar-refractivity contribution is 0.780. The van der Waals surface area contributed by atoms with Crippen LogP contribution in [0.15, 0.2) is 77.8 Å². The number of pyridine rings is 1. The molecule has 0 saturated carbocycles. The van der Waals surface area contributed by atoms with Crippen molar-refractivity contribution >= 4 is 17.0 Å². The van der Waals surface area contributed by atoms with Gasteiger partial charge in [-0.1, -0.05) is 18.2 Å². The number of fused-ring (bicyclic) bond motifs is 2. The molecule has 0 radical (unpaired) electrons. The molecule has 1 aliphatic heterocycles. The van der Waals surface area contributed by atoms with Crippen LogP contribution in [-0.4, -0.2) is 21.1 Å². The zero-order valence-corrected chi connectivity index (χ0v) is 14.5. The minimum absolute atomic E-state index is 0.556. The van der Waals surface area contributed by atoms with Crippen molar-refractivity contribution in [1.29, 1.82) is 5.26 Å². The van der Waals surface area contributed by atoms with Gasteiger partial charge in [0.2, 0.25) is 5.95 Å². The summed E-state index contributed by atoms with van der Waals surface area (Å²) in [5.74, 6) is 0.859. The highest BCUT2D eigenvalue weighted by molar-refractivity contribution is 5.80. The van der Waals surface area contributed by atoms with Crippen molar-refractivity contribution in [1.82, 2.24) is 14.5 Å². The Morgan fingerprint density at radius 2 is 2.04 bits per heavy atom. The summed E-state index contributed by atoms with van der Waals surface area (Å²) in [5, 5.41) is 8.98. The van der Waals surface area contributed by atoms with E-state index >= 15 is 0 Å². The SMILES string of the molecule is N#Cc1ccc(Cn2c(N3C=C4C(N)=CC=C4C3)nc3ccccc32)nc1. The Labute approximate surface area is 156 Å². The highest BCUT2D eigenvalue weighted by Crippen LogP contribution is 2.34. The summed E-state index contributed by atoms with van der Waals surface area (Å²) in [6.07, 6.45) is 7.68. The second-order valence-electron chi connectivity index (χ2n) is 6.62. The van der Waals surface area contributed by atoms with Crippen molar-refractivity contribution in [2.24, 2.45) is 5.73 Å². The third-order valence-electron chi connectivity index (χ3n) is 4.91. The van der Waals surface area contributed by atoms with Gasteiger partial charge in [0, 0.05) is 23.7 Å². The first-order valence-electron chi connectivity index (χ1n) is 8.69. The van der Waals surface area contributed by atoms with Crippen LogP contribution in [-0.2, 0) is 6.54 Å². The molecule has 6 nitrogen and oxygen atoms in total. The first-order chi connectivity index (χ1) is 13.2. The Kier molecular flexibility index (Phi) is 3.34. The molecule has 6 heteroatoms. The molecule has 0 bridgehead atoms. The summed E-state index contributed by atoms with van der Waals surface area (Å²) >= 11 is 0. The van der Waals surface area contributed by atoms with E-state index in [2.05, 4.69) is 38.9 Å².